The van der Waals surface area contributed by atoms with Gasteiger partial charge in [-0.15, -0.1) is 0 Å². The Morgan fingerprint density at radius 1 is 1.48 bits per heavy atom. The molecule has 0 aliphatic carbocycles. The number of H-pyrrole nitrogens is 1. The molecule has 0 saturated carbocycles. The van der Waals surface area contributed by atoms with Gasteiger partial charge in [0.05, 0.1) is 37.3 Å². The molecule has 3 rings (SSSR count). The topological polar surface area (TPSA) is 108 Å². The molecule has 1 aliphatic heterocycles. The number of carbonyl (C=O) groups excluding carboxylic acids is 2. The van der Waals surface area contributed by atoms with Gasteiger partial charge in [-0.3, -0.25) is 9.59 Å². The number of ether oxygens (including phenoxy) is 1. The van der Waals surface area contributed by atoms with Crippen molar-refractivity contribution in [2.24, 2.45) is 0 Å². The Hall–Kier alpha value is -2.45. The fourth-order valence-corrected chi connectivity index (χ4v) is 2.94. The van der Waals surface area contributed by atoms with Gasteiger partial charge in [-0.2, -0.15) is 0 Å². The summed E-state index contributed by atoms with van der Waals surface area (Å²) in [6, 6.07) is 5.28. The van der Waals surface area contributed by atoms with E-state index in [0.29, 0.717) is 18.7 Å². The average Bonchev–Trinajstić information content (AvgIpc) is 2.82. The lowest BCUT2D eigenvalue weighted by molar-refractivity contribution is -0.120. The maximum Gasteiger partial charge on any atom is 0.254 e. The largest absolute Gasteiger partial charge is 0.384 e. The first-order chi connectivity index (χ1) is 11.9. The van der Waals surface area contributed by atoms with Crippen LogP contribution in [0, 0.1) is 6.92 Å². The number of aryl methyl sites for hydroxylation is 1. The van der Waals surface area contributed by atoms with E-state index in [-0.39, 0.29) is 31.5 Å². The molecule has 2 amide bonds. The molecule has 0 bridgehead atoms. The van der Waals surface area contributed by atoms with Gasteiger partial charge in [-0.1, -0.05) is 0 Å². The molecule has 0 radical (unpaired) electrons. The van der Waals surface area contributed by atoms with Gasteiger partial charge in [0.1, 0.15) is 11.4 Å². The monoisotopic (exact) mass is 346 g/mol. The Labute approximate surface area is 145 Å². The predicted octanol–water partition coefficient (Wildman–Crippen LogP) is 0.211. The summed E-state index contributed by atoms with van der Waals surface area (Å²) >= 11 is 0. The van der Waals surface area contributed by atoms with Crippen LogP contribution in [0.4, 0.5) is 0 Å². The number of aliphatic hydroxyl groups is 1. The third-order valence-electron chi connectivity index (χ3n) is 4.16. The van der Waals surface area contributed by atoms with Gasteiger partial charge in [-0.05, 0) is 25.1 Å². The Morgan fingerprint density at radius 3 is 3.04 bits per heavy atom. The van der Waals surface area contributed by atoms with Crippen LogP contribution in [0.15, 0.2) is 18.2 Å². The molecule has 25 heavy (non-hydrogen) atoms. The highest BCUT2D eigenvalue weighted by molar-refractivity contribution is 5.97. The lowest BCUT2D eigenvalue weighted by Gasteiger charge is -2.30. The Bertz CT molecular complexity index is 803. The summed E-state index contributed by atoms with van der Waals surface area (Å²) in [6.07, 6.45) is 0. The molecule has 2 aromatic rings. The van der Waals surface area contributed by atoms with Crippen LogP contribution in [0.25, 0.3) is 11.0 Å². The van der Waals surface area contributed by atoms with Gasteiger partial charge in [0, 0.05) is 19.0 Å². The van der Waals surface area contributed by atoms with E-state index in [0.717, 1.165) is 16.9 Å². The summed E-state index contributed by atoms with van der Waals surface area (Å²) in [5, 5.41) is 13.3. The molecule has 1 aromatic carbocycles. The molecule has 1 saturated heterocycles. The van der Waals surface area contributed by atoms with Crippen LogP contribution in [0.3, 0.4) is 0 Å². The lowest BCUT2D eigenvalue weighted by Crippen LogP contribution is -2.53. The number of nitrogens with zero attached hydrogens (tertiary/aromatic N) is 2. The zero-order valence-electron chi connectivity index (χ0n) is 14.3. The second-order valence-corrected chi connectivity index (χ2v) is 6.47. The SMILES string of the molecule is CC(=O)NCC1(O)COCCN(C(=O)c2ccc3nc(C)[nH]c3c2)C1. The van der Waals surface area contributed by atoms with E-state index < -0.39 is 5.60 Å². The van der Waals surface area contributed by atoms with Crippen molar-refractivity contribution in [2.75, 3.05) is 32.8 Å². The molecule has 134 valence electrons. The number of rotatable bonds is 3. The number of hydrogen-bond donors (Lipinski definition) is 3. The fourth-order valence-electron chi connectivity index (χ4n) is 2.94. The third kappa shape index (κ3) is 3.97. The zero-order valence-corrected chi connectivity index (χ0v) is 14.3. The molecule has 1 fully saturated rings. The van der Waals surface area contributed by atoms with E-state index in [1.807, 2.05) is 6.92 Å². The van der Waals surface area contributed by atoms with Crippen molar-refractivity contribution in [1.29, 1.82) is 0 Å². The Balaban J connectivity index is 1.79. The van der Waals surface area contributed by atoms with Crippen LogP contribution < -0.4 is 5.32 Å². The summed E-state index contributed by atoms with van der Waals surface area (Å²) in [5.74, 6) is 0.351. The van der Waals surface area contributed by atoms with Gasteiger partial charge in [0.2, 0.25) is 5.91 Å². The van der Waals surface area contributed by atoms with E-state index >= 15 is 0 Å². The van der Waals surface area contributed by atoms with Crippen molar-refractivity contribution in [2.45, 2.75) is 19.4 Å². The molecular formula is C17H22N4O4. The predicted molar refractivity (Wildman–Crippen MR) is 91.2 cm³/mol. The fraction of sp³-hybridized carbons (Fsp3) is 0.471. The normalized spacial score (nSPS) is 21.2. The van der Waals surface area contributed by atoms with Crippen molar-refractivity contribution in [3.63, 3.8) is 0 Å². The number of β-amino-alcohol motifs (C(OH)–C–C–N with tert-alkyl or cyclic N) is 1. The van der Waals surface area contributed by atoms with Crippen molar-refractivity contribution in [3.8, 4) is 0 Å². The van der Waals surface area contributed by atoms with Crippen molar-refractivity contribution in [1.82, 2.24) is 20.2 Å². The average molecular weight is 346 g/mol. The number of aromatic nitrogens is 2. The molecule has 3 N–H and O–H groups in total. The summed E-state index contributed by atoms with van der Waals surface area (Å²) in [4.78, 5) is 33.0. The van der Waals surface area contributed by atoms with E-state index in [4.69, 9.17) is 4.74 Å². The van der Waals surface area contributed by atoms with Crippen LogP contribution in [0.5, 0.6) is 0 Å². The molecule has 8 heteroatoms. The quantitative estimate of drug-likeness (QED) is 0.736. The van der Waals surface area contributed by atoms with Crippen molar-refractivity contribution < 1.29 is 19.4 Å². The van der Waals surface area contributed by atoms with E-state index in [1.54, 1.807) is 23.1 Å². The van der Waals surface area contributed by atoms with Gasteiger partial charge >= 0.3 is 0 Å². The second kappa shape index (κ2) is 6.81. The standard InChI is InChI=1S/C17H22N4O4/c1-11-19-14-4-3-13(7-15(14)20-11)16(23)21-5-6-25-10-17(24,9-21)8-18-12(2)22/h3-4,7,24H,5-6,8-10H2,1-2H3,(H,18,22)(H,19,20). The first-order valence-electron chi connectivity index (χ1n) is 8.16. The first kappa shape index (κ1) is 17.4. The summed E-state index contributed by atoms with van der Waals surface area (Å²) in [6.45, 7) is 4.13. The number of imidazole rings is 1. The highest BCUT2D eigenvalue weighted by Crippen LogP contribution is 2.18. The van der Waals surface area contributed by atoms with Crippen LogP contribution >= 0.6 is 0 Å². The molecular weight excluding hydrogens is 324 g/mol. The molecule has 1 unspecified atom stereocenters. The minimum Gasteiger partial charge on any atom is -0.384 e. The van der Waals surface area contributed by atoms with Crippen LogP contribution in [-0.2, 0) is 9.53 Å². The summed E-state index contributed by atoms with van der Waals surface area (Å²) in [5.41, 5.74) is 0.797. The molecule has 2 heterocycles. The van der Waals surface area contributed by atoms with E-state index in [9.17, 15) is 14.7 Å². The second-order valence-electron chi connectivity index (χ2n) is 6.47. The smallest absolute Gasteiger partial charge is 0.254 e. The number of fused-ring (bicyclic) bond motifs is 1. The number of hydrogen-bond acceptors (Lipinski definition) is 5. The van der Waals surface area contributed by atoms with Crippen LogP contribution in [0.2, 0.25) is 0 Å². The van der Waals surface area contributed by atoms with E-state index in [1.165, 1.54) is 6.92 Å². The van der Waals surface area contributed by atoms with Gasteiger partial charge in [-0.25, -0.2) is 4.98 Å². The molecule has 1 atom stereocenters. The maximum atomic E-state index is 12.9. The molecule has 0 spiro atoms. The van der Waals surface area contributed by atoms with Crippen LogP contribution in [-0.4, -0.2) is 70.2 Å². The number of amides is 2. The van der Waals surface area contributed by atoms with Crippen molar-refractivity contribution >= 4 is 22.8 Å². The third-order valence-corrected chi connectivity index (χ3v) is 4.16. The zero-order chi connectivity index (χ0) is 18.0. The molecule has 8 nitrogen and oxygen atoms in total. The molecule has 1 aliphatic rings. The highest BCUT2D eigenvalue weighted by atomic mass is 16.5. The number of benzene rings is 1. The highest BCUT2D eigenvalue weighted by Gasteiger charge is 2.35. The minimum atomic E-state index is -1.31. The number of nitrogens with one attached hydrogen (secondary N) is 2. The van der Waals surface area contributed by atoms with Gasteiger partial charge in [0.25, 0.3) is 5.91 Å². The lowest BCUT2D eigenvalue weighted by atomic mass is 10.0. The minimum absolute atomic E-state index is 0.0326. The summed E-state index contributed by atoms with van der Waals surface area (Å²) < 4.78 is 5.42. The van der Waals surface area contributed by atoms with Gasteiger partial charge in [0.15, 0.2) is 0 Å². The maximum absolute atomic E-state index is 12.9. The number of carbonyl (C=O) groups is 2. The van der Waals surface area contributed by atoms with Gasteiger partial charge < -0.3 is 25.0 Å². The van der Waals surface area contributed by atoms with Crippen LogP contribution in [0.1, 0.15) is 23.1 Å². The number of aromatic amines is 1. The first-order valence-corrected chi connectivity index (χ1v) is 8.16. The van der Waals surface area contributed by atoms with Crippen molar-refractivity contribution in [3.05, 3.63) is 29.6 Å². The summed E-state index contributed by atoms with van der Waals surface area (Å²) in [7, 11) is 0. The molecule has 1 aromatic heterocycles. The Morgan fingerprint density at radius 2 is 2.28 bits per heavy atom. The van der Waals surface area contributed by atoms with E-state index in [2.05, 4.69) is 15.3 Å². The Kier molecular flexibility index (Phi) is 4.73.